The van der Waals surface area contributed by atoms with Gasteiger partial charge in [0.1, 0.15) is 0 Å². The molecule has 0 spiro atoms. The third-order valence-electron chi connectivity index (χ3n) is 3.83. The largest absolute Gasteiger partial charge is 0.466 e. The van der Waals surface area contributed by atoms with E-state index in [0.717, 1.165) is 19.3 Å². The van der Waals surface area contributed by atoms with Crippen LogP contribution in [0.1, 0.15) is 97.3 Å². The molecular weight excluding hydrogens is 284 g/mol. The molecule has 0 fully saturated rings. The Labute approximate surface area is 144 Å². The predicted molar refractivity (Wildman–Crippen MR) is 101 cm³/mol. The molecule has 0 unspecified atom stereocenters. The van der Waals surface area contributed by atoms with E-state index in [2.05, 4.69) is 31.2 Å². The van der Waals surface area contributed by atoms with Gasteiger partial charge in [0.15, 0.2) is 0 Å². The van der Waals surface area contributed by atoms with Crippen molar-refractivity contribution >= 4 is 5.97 Å². The summed E-state index contributed by atoms with van der Waals surface area (Å²) in [6.07, 6.45) is 24.0. The summed E-state index contributed by atoms with van der Waals surface area (Å²) < 4.78 is 5.06. The highest BCUT2D eigenvalue weighted by molar-refractivity contribution is 5.69. The number of allylic oxidation sites excluding steroid dienone is 4. The Morgan fingerprint density at radius 3 is 1.91 bits per heavy atom. The van der Waals surface area contributed by atoms with Crippen molar-refractivity contribution < 1.29 is 9.53 Å². The first-order valence-corrected chi connectivity index (χ1v) is 9.78. The molecule has 2 heteroatoms. The molecule has 0 heterocycles. The SMILES string of the molecule is CCCCC/C=C/C=C/CCCCCCCCC(=O)OCCC. The van der Waals surface area contributed by atoms with Crippen molar-refractivity contribution in [3.63, 3.8) is 0 Å². The Balaban J connectivity index is 3.22. The van der Waals surface area contributed by atoms with E-state index >= 15 is 0 Å². The van der Waals surface area contributed by atoms with Crippen LogP contribution >= 0.6 is 0 Å². The van der Waals surface area contributed by atoms with Gasteiger partial charge in [-0.1, -0.05) is 76.7 Å². The summed E-state index contributed by atoms with van der Waals surface area (Å²) >= 11 is 0. The number of rotatable bonds is 16. The van der Waals surface area contributed by atoms with Crippen molar-refractivity contribution in [3.05, 3.63) is 24.3 Å². The molecule has 0 rings (SSSR count). The van der Waals surface area contributed by atoms with Crippen LogP contribution < -0.4 is 0 Å². The van der Waals surface area contributed by atoms with Crippen LogP contribution in [-0.2, 0) is 9.53 Å². The lowest BCUT2D eigenvalue weighted by atomic mass is 10.1. The maximum Gasteiger partial charge on any atom is 0.305 e. The molecular formula is C21H38O2. The number of esters is 1. The van der Waals surface area contributed by atoms with Gasteiger partial charge in [-0.3, -0.25) is 4.79 Å². The fourth-order valence-corrected chi connectivity index (χ4v) is 2.39. The summed E-state index contributed by atoms with van der Waals surface area (Å²) in [6.45, 7) is 4.83. The molecule has 0 aliphatic rings. The summed E-state index contributed by atoms with van der Waals surface area (Å²) in [7, 11) is 0. The minimum atomic E-state index is -0.0280. The van der Waals surface area contributed by atoms with Gasteiger partial charge in [0.2, 0.25) is 0 Å². The van der Waals surface area contributed by atoms with Crippen LogP contribution in [0.25, 0.3) is 0 Å². The van der Waals surface area contributed by atoms with Crippen LogP contribution in [0.2, 0.25) is 0 Å². The minimum absolute atomic E-state index is 0.0280. The molecule has 0 N–H and O–H groups in total. The average molecular weight is 323 g/mol. The Hall–Kier alpha value is -1.05. The van der Waals surface area contributed by atoms with E-state index in [-0.39, 0.29) is 5.97 Å². The highest BCUT2D eigenvalue weighted by Crippen LogP contribution is 2.09. The zero-order chi connectivity index (χ0) is 17.0. The molecule has 134 valence electrons. The lowest BCUT2D eigenvalue weighted by Gasteiger charge is -2.03. The molecule has 0 aliphatic carbocycles. The Morgan fingerprint density at radius 1 is 0.739 bits per heavy atom. The summed E-state index contributed by atoms with van der Waals surface area (Å²) in [5.74, 6) is -0.0280. The lowest BCUT2D eigenvalue weighted by molar-refractivity contribution is -0.143. The number of hydrogen-bond acceptors (Lipinski definition) is 2. The van der Waals surface area contributed by atoms with Crippen molar-refractivity contribution in [2.45, 2.75) is 97.3 Å². The zero-order valence-corrected chi connectivity index (χ0v) is 15.5. The first-order valence-electron chi connectivity index (χ1n) is 9.78. The zero-order valence-electron chi connectivity index (χ0n) is 15.5. The highest BCUT2D eigenvalue weighted by atomic mass is 16.5. The van der Waals surface area contributed by atoms with Crippen LogP contribution in [-0.4, -0.2) is 12.6 Å². The van der Waals surface area contributed by atoms with Gasteiger partial charge in [-0.2, -0.15) is 0 Å². The van der Waals surface area contributed by atoms with Crippen LogP contribution in [0.3, 0.4) is 0 Å². The first-order chi connectivity index (χ1) is 11.3. The number of carbonyl (C=O) groups is 1. The van der Waals surface area contributed by atoms with Crippen molar-refractivity contribution in [3.8, 4) is 0 Å². The molecule has 0 atom stereocenters. The molecule has 0 saturated heterocycles. The summed E-state index contributed by atoms with van der Waals surface area (Å²) in [4.78, 5) is 11.3. The van der Waals surface area contributed by atoms with Gasteiger partial charge >= 0.3 is 5.97 Å². The number of unbranched alkanes of at least 4 members (excludes halogenated alkanes) is 9. The van der Waals surface area contributed by atoms with Crippen LogP contribution in [0.4, 0.5) is 0 Å². The van der Waals surface area contributed by atoms with Gasteiger partial charge in [-0.25, -0.2) is 0 Å². The van der Waals surface area contributed by atoms with Crippen LogP contribution in [0.5, 0.6) is 0 Å². The number of ether oxygens (including phenoxy) is 1. The molecule has 0 saturated carbocycles. The first kappa shape index (κ1) is 21.9. The molecule has 0 aromatic rings. The molecule has 0 aromatic heterocycles. The molecule has 0 radical (unpaired) electrons. The van der Waals surface area contributed by atoms with Crippen molar-refractivity contribution in [1.82, 2.24) is 0 Å². The van der Waals surface area contributed by atoms with Gasteiger partial charge < -0.3 is 4.74 Å². The van der Waals surface area contributed by atoms with Gasteiger partial charge in [-0.15, -0.1) is 0 Å². The van der Waals surface area contributed by atoms with E-state index in [0.29, 0.717) is 13.0 Å². The molecule has 0 aliphatic heterocycles. The summed E-state index contributed by atoms with van der Waals surface area (Å²) in [6, 6.07) is 0. The second-order valence-corrected chi connectivity index (χ2v) is 6.23. The van der Waals surface area contributed by atoms with Crippen molar-refractivity contribution in [2.24, 2.45) is 0 Å². The summed E-state index contributed by atoms with van der Waals surface area (Å²) in [5.41, 5.74) is 0. The molecule has 23 heavy (non-hydrogen) atoms. The van der Waals surface area contributed by atoms with Crippen molar-refractivity contribution in [2.75, 3.05) is 6.61 Å². The average Bonchev–Trinajstić information content (AvgIpc) is 2.56. The maximum atomic E-state index is 11.3. The van der Waals surface area contributed by atoms with Crippen molar-refractivity contribution in [1.29, 1.82) is 0 Å². The van der Waals surface area contributed by atoms with Gasteiger partial charge in [0.25, 0.3) is 0 Å². The van der Waals surface area contributed by atoms with Crippen LogP contribution in [0, 0.1) is 0 Å². The minimum Gasteiger partial charge on any atom is -0.466 e. The Bertz CT molecular complexity index is 305. The fourth-order valence-electron chi connectivity index (χ4n) is 2.39. The normalized spacial score (nSPS) is 11.6. The van der Waals surface area contributed by atoms with Gasteiger partial charge in [-0.05, 0) is 38.5 Å². The molecule has 0 amide bonds. The molecule has 2 nitrogen and oxygen atoms in total. The number of hydrogen-bond donors (Lipinski definition) is 0. The highest BCUT2D eigenvalue weighted by Gasteiger charge is 2.01. The fraction of sp³-hybridized carbons (Fsp3) is 0.762. The third-order valence-corrected chi connectivity index (χ3v) is 3.83. The van der Waals surface area contributed by atoms with Crippen LogP contribution in [0.15, 0.2) is 24.3 Å². The van der Waals surface area contributed by atoms with E-state index in [1.165, 1.54) is 57.8 Å². The van der Waals surface area contributed by atoms with E-state index in [9.17, 15) is 4.79 Å². The monoisotopic (exact) mass is 322 g/mol. The lowest BCUT2D eigenvalue weighted by Crippen LogP contribution is -2.04. The third kappa shape index (κ3) is 18.9. The molecule has 0 aromatic carbocycles. The second kappa shape index (κ2) is 19.0. The second-order valence-electron chi connectivity index (χ2n) is 6.23. The van der Waals surface area contributed by atoms with E-state index < -0.39 is 0 Å². The predicted octanol–water partition coefficient (Wildman–Crippen LogP) is 6.75. The van der Waals surface area contributed by atoms with E-state index in [4.69, 9.17) is 4.74 Å². The smallest absolute Gasteiger partial charge is 0.305 e. The van der Waals surface area contributed by atoms with E-state index in [1.807, 2.05) is 6.92 Å². The standard InChI is InChI=1S/C21H38O2/c1-3-5-6-7-8-9-10-11-12-13-14-15-16-17-18-19-21(22)23-20-4-2/h8-11H,3-7,12-20H2,1-2H3/b9-8+,11-10+. The topological polar surface area (TPSA) is 26.3 Å². The van der Waals surface area contributed by atoms with Gasteiger partial charge in [0.05, 0.1) is 6.61 Å². The molecule has 0 bridgehead atoms. The maximum absolute atomic E-state index is 11.3. The number of carbonyl (C=O) groups excluding carboxylic acids is 1. The summed E-state index contributed by atoms with van der Waals surface area (Å²) in [5, 5.41) is 0. The quantitative estimate of drug-likeness (QED) is 0.178. The Kier molecular flexibility index (Phi) is 18.1. The Morgan fingerprint density at radius 2 is 1.30 bits per heavy atom. The van der Waals surface area contributed by atoms with E-state index in [1.54, 1.807) is 0 Å². The van der Waals surface area contributed by atoms with Gasteiger partial charge in [0, 0.05) is 6.42 Å².